The summed E-state index contributed by atoms with van der Waals surface area (Å²) in [4.78, 5) is 19.7. The number of carbonyl (C=O) groups excluding carboxylic acids is 1. The monoisotopic (exact) mass is 259 g/mol. The van der Waals surface area contributed by atoms with Gasteiger partial charge in [-0.15, -0.1) is 22.9 Å². The number of hydrogen-bond acceptors (Lipinski definition) is 4. The van der Waals surface area contributed by atoms with Gasteiger partial charge in [0, 0.05) is 38.1 Å². The lowest BCUT2D eigenvalue weighted by Gasteiger charge is -2.34. The van der Waals surface area contributed by atoms with Crippen LogP contribution < -0.4 is 0 Å². The van der Waals surface area contributed by atoms with Gasteiger partial charge in [0.1, 0.15) is 5.88 Å². The third-order valence-corrected chi connectivity index (χ3v) is 3.57. The summed E-state index contributed by atoms with van der Waals surface area (Å²) in [5.74, 6) is 0.126. The van der Waals surface area contributed by atoms with Gasteiger partial charge in [-0.25, -0.2) is 4.98 Å². The number of nitrogens with zero attached hydrogens (tertiary/aromatic N) is 3. The quantitative estimate of drug-likeness (QED) is 0.761. The van der Waals surface area contributed by atoms with Crippen LogP contribution in [0.15, 0.2) is 10.9 Å². The molecule has 4 nitrogen and oxygen atoms in total. The number of aromatic nitrogens is 1. The molecule has 0 unspecified atom stereocenters. The molecule has 0 atom stereocenters. The maximum Gasteiger partial charge on any atom is 0.237 e. The zero-order valence-corrected chi connectivity index (χ0v) is 10.5. The first kappa shape index (κ1) is 11.8. The number of rotatable bonds is 3. The highest BCUT2D eigenvalue weighted by molar-refractivity contribution is 7.07. The zero-order valence-electron chi connectivity index (χ0n) is 8.93. The number of carbonyl (C=O) groups is 1. The molecule has 1 saturated heterocycles. The van der Waals surface area contributed by atoms with Crippen LogP contribution in [-0.4, -0.2) is 52.8 Å². The first-order valence-electron chi connectivity index (χ1n) is 5.23. The maximum atomic E-state index is 11.4. The molecule has 88 valence electrons. The van der Waals surface area contributed by atoms with E-state index in [1.54, 1.807) is 11.3 Å². The largest absolute Gasteiger partial charge is 0.339 e. The van der Waals surface area contributed by atoms with Crippen molar-refractivity contribution >= 4 is 28.8 Å². The Hall–Kier alpha value is -0.650. The van der Waals surface area contributed by atoms with E-state index in [0.29, 0.717) is 0 Å². The molecule has 0 N–H and O–H groups in total. The molecule has 16 heavy (non-hydrogen) atoms. The summed E-state index contributed by atoms with van der Waals surface area (Å²) < 4.78 is 0. The van der Waals surface area contributed by atoms with Gasteiger partial charge in [0.25, 0.3) is 0 Å². The molecule has 1 fully saturated rings. The summed E-state index contributed by atoms with van der Waals surface area (Å²) in [6.07, 6.45) is 0. The van der Waals surface area contributed by atoms with Crippen molar-refractivity contribution in [1.82, 2.24) is 14.8 Å². The van der Waals surface area contributed by atoms with Gasteiger partial charge in [-0.3, -0.25) is 9.69 Å². The van der Waals surface area contributed by atoms with Crippen molar-refractivity contribution in [3.63, 3.8) is 0 Å². The van der Waals surface area contributed by atoms with Gasteiger partial charge in [-0.2, -0.15) is 0 Å². The second-order valence-corrected chi connectivity index (χ2v) is 4.76. The molecule has 0 spiro atoms. The van der Waals surface area contributed by atoms with Crippen molar-refractivity contribution < 1.29 is 4.79 Å². The topological polar surface area (TPSA) is 36.4 Å². The SMILES string of the molecule is O=C(CCl)N1CCN(Cc2cscn2)CC1. The van der Waals surface area contributed by atoms with E-state index in [4.69, 9.17) is 11.6 Å². The van der Waals surface area contributed by atoms with Crippen LogP contribution in [-0.2, 0) is 11.3 Å². The molecular formula is C10H14ClN3OS. The molecule has 2 rings (SSSR count). The van der Waals surface area contributed by atoms with Gasteiger partial charge in [0.2, 0.25) is 5.91 Å². The second-order valence-electron chi connectivity index (χ2n) is 3.77. The number of amides is 1. The van der Waals surface area contributed by atoms with Crippen LogP contribution in [0.4, 0.5) is 0 Å². The third-order valence-electron chi connectivity index (χ3n) is 2.71. The Morgan fingerprint density at radius 1 is 1.44 bits per heavy atom. The van der Waals surface area contributed by atoms with Crippen LogP contribution in [0, 0.1) is 0 Å². The molecule has 6 heteroatoms. The van der Waals surface area contributed by atoms with E-state index in [2.05, 4.69) is 15.3 Å². The van der Waals surface area contributed by atoms with Gasteiger partial charge in [0.15, 0.2) is 0 Å². The first-order chi connectivity index (χ1) is 7.79. The molecule has 0 saturated carbocycles. The highest BCUT2D eigenvalue weighted by Gasteiger charge is 2.20. The van der Waals surface area contributed by atoms with E-state index >= 15 is 0 Å². The summed E-state index contributed by atoms with van der Waals surface area (Å²) in [6, 6.07) is 0. The zero-order chi connectivity index (χ0) is 11.4. The van der Waals surface area contributed by atoms with Gasteiger partial charge < -0.3 is 4.90 Å². The predicted octanol–water partition coefficient (Wildman–Crippen LogP) is 1.03. The van der Waals surface area contributed by atoms with E-state index in [1.165, 1.54) is 0 Å². The molecule has 0 radical (unpaired) electrons. The molecule has 0 aliphatic carbocycles. The van der Waals surface area contributed by atoms with Crippen molar-refractivity contribution in [3.05, 3.63) is 16.6 Å². The summed E-state index contributed by atoms with van der Waals surface area (Å²) in [5.41, 5.74) is 2.96. The van der Waals surface area contributed by atoms with Crippen molar-refractivity contribution in [2.24, 2.45) is 0 Å². The Kier molecular flexibility index (Phi) is 4.15. The predicted molar refractivity (Wildman–Crippen MR) is 64.7 cm³/mol. The highest BCUT2D eigenvalue weighted by atomic mass is 35.5. The van der Waals surface area contributed by atoms with Crippen molar-refractivity contribution in [3.8, 4) is 0 Å². The molecule has 1 aliphatic rings. The lowest BCUT2D eigenvalue weighted by molar-refractivity contribution is -0.130. The number of thiazole rings is 1. The minimum Gasteiger partial charge on any atom is -0.339 e. The fraction of sp³-hybridized carbons (Fsp3) is 0.600. The molecule has 2 heterocycles. The third kappa shape index (κ3) is 2.93. The van der Waals surface area contributed by atoms with Gasteiger partial charge in [-0.1, -0.05) is 0 Å². The Labute approximate surface area is 104 Å². The standard InChI is InChI=1S/C10H14ClN3OS/c11-5-10(15)14-3-1-13(2-4-14)6-9-7-16-8-12-9/h7-8H,1-6H2. The van der Waals surface area contributed by atoms with Gasteiger partial charge in [-0.05, 0) is 0 Å². The van der Waals surface area contributed by atoms with Crippen LogP contribution in [0.5, 0.6) is 0 Å². The minimum absolute atomic E-state index is 0.0370. The van der Waals surface area contributed by atoms with E-state index in [-0.39, 0.29) is 11.8 Å². The fourth-order valence-corrected chi connectivity index (χ4v) is 2.50. The van der Waals surface area contributed by atoms with Crippen LogP contribution in [0.25, 0.3) is 0 Å². The summed E-state index contributed by atoms with van der Waals surface area (Å²) >= 11 is 7.14. The minimum atomic E-state index is 0.0370. The smallest absolute Gasteiger partial charge is 0.237 e. The Morgan fingerprint density at radius 3 is 2.75 bits per heavy atom. The molecule has 1 amide bonds. The first-order valence-corrected chi connectivity index (χ1v) is 6.70. The van der Waals surface area contributed by atoms with Gasteiger partial charge in [0.05, 0.1) is 11.2 Å². The van der Waals surface area contributed by atoms with Crippen LogP contribution in [0.1, 0.15) is 5.69 Å². The fourth-order valence-electron chi connectivity index (χ4n) is 1.78. The molecule has 1 aliphatic heterocycles. The molecular weight excluding hydrogens is 246 g/mol. The lowest BCUT2D eigenvalue weighted by Crippen LogP contribution is -2.48. The molecule has 1 aromatic heterocycles. The van der Waals surface area contributed by atoms with E-state index in [9.17, 15) is 4.79 Å². The van der Waals surface area contributed by atoms with E-state index in [0.717, 1.165) is 38.4 Å². The Bertz CT molecular complexity index is 336. The number of piperazine rings is 1. The summed E-state index contributed by atoms with van der Waals surface area (Å²) in [7, 11) is 0. The number of hydrogen-bond donors (Lipinski definition) is 0. The van der Waals surface area contributed by atoms with E-state index < -0.39 is 0 Å². The lowest BCUT2D eigenvalue weighted by atomic mass is 10.3. The molecule has 0 aromatic carbocycles. The molecule has 0 bridgehead atoms. The highest BCUT2D eigenvalue weighted by Crippen LogP contribution is 2.09. The van der Waals surface area contributed by atoms with Crippen molar-refractivity contribution in [1.29, 1.82) is 0 Å². The van der Waals surface area contributed by atoms with Crippen LogP contribution >= 0.6 is 22.9 Å². The Balaban J connectivity index is 1.79. The average molecular weight is 260 g/mol. The van der Waals surface area contributed by atoms with Crippen molar-refractivity contribution in [2.45, 2.75) is 6.54 Å². The second kappa shape index (κ2) is 5.61. The van der Waals surface area contributed by atoms with Crippen LogP contribution in [0.2, 0.25) is 0 Å². The number of alkyl halides is 1. The summed E-state index contributed by atoms with van der Waals surface area (Å²) in [5, 5.41) is 2.07. The average Bonchev–Trinajstić information content (AvgIpc) is 2.82. The van der Waals surface area contributed by atoms with Crippen molar-refractivity contribution in [2.75, 3.05) is 32.1 Å². The normalized spacial score (nSPS) is 17.7. The summed E-state index contributed by atoms with van der Waals surface area (Å²) in [6.45, 7) is 4.23. The van der Waals surface area contributed by atoms with Crippen LogP contribution in [0.3, 0.4) is 0 Å². The maximum absolute atomic E-state index is 11.4. The molecule has 1 aromatic rings. The van der Waals surface area contributed by atoms with E-state index in [1.807, 2.05) is 10.4 Å². The number of halogens is 1. The Morgan fingerprint density at radius 2 is 2.19 bits per heavy atom. The van der Waals surface area contributed by atoms with Gasteiger partial charge >= 0.3 is 0 Å².